The van der Waals surface area contributed by atoms with Gasteiger partial charge in [-0.3, -0.25) is 19.8 Å². The summed E-state index contributed by atoms with van der Waals surface area (Å²) < 4.78 is -0.0619. The predicted octanol–water partition coefficient (Wildman–Crippen LogP) is 2.16. The smallest absolute Gasteiger partial charge is 0.277 e. The van der Waals surface area contributed by atoms with Gasteiger partial charge in [0, 0.05) is 11.3 Å². The van der Waals surface area contributed by atoms with E-state index in [0.717, 1.165) is 44.3 Å². The van der Waals surface area contributed by atoms with Gasteiger partial charge in [-0.2, -0.15) is 11.8 Å². The van der Waals surface area contributed by atoms with E-state index in [0.29, 0.717) is 6.54 Å². The van der Waals surface area contributed by atoms with Crippen LogP contribution in [-0.2, 0) is 9.59 Å². The van der Waals surface area contributed by atoms with Crippen LogP contribution in [0, 0.1) is 11.8 Å². The van der Waals surface area contributed by atoms with Crippen LogP contribution >= 0.6 is 11.8 Å². The summed E-state index contributed by atoms with van der Waals surface area (Å²) in [6.45, 7) is 2.52. The van der Waals surface area contributed by atoms with E-state index in [2.05, 4.69) is 12.2 Å². The minimum Gasteiger partial charge on any atom is -0.277 e. The number of urea groups is 1. The molecule has 2 heterocycles. The maximum absolute atomic E-state index is 12.7. The van der Waals surface area contributed by atoms with Crippen LogP contribution in [0.1, 0.15) is 45.4 Å². The second-order valence-corrected chi connectivity index (χ2v) is 8.33. The molecule has 0 bridgehead atoms. The molecule has 5 nitrogen and oxygen atoms in total. The van der Waals surface area contributed by atoms with Crippen molar-refractivity contribution in [3.8, 4) is 0 Å². The van der Waals surface area contributed by atoms with Crippen LogP contribution < -0.4 is 5.32 Å². The molecule has 3 aliphatic rings. The number of carbonyl (C=O) groups is 3. The first-order chi connectivity index (χ1) is 10.0. The molecule has 3 rings (SSSR count). The number of nitrogens with zero attached hydrogens (tertiary/aromatic N) is 1. The third kappa shape index (κ3) is 2.82. The number of hydrogen-bond donors (Lipinski definition) is 1. The Kier molecular flexibility index (Phi) is 3.99. The SMILES string of the molecule is CC1(CN2C(=O)NC(=O)C(C3CCCC3)C2=O)CCCS1. The molecule has 0 aromatic carbocycles. The largest absolute Gasteiger partial charge is 0.330 e. The van der Waals surface area contributed by atoms with Crippen molar-refractivity contribution in [3.05, 3.63) is 0 Å². The van der Waals surface area contributed by atoms with Crippen LogP contribution in [-0.4, -0.2) is 39.8 Å². The maximum Gasteiger partial charge on any atom is 0.330 e. The van der Waals surface area contributed by atoms with Crippen molar-refractivity contribution in [1.82, 2.24) is 10.2 Å². The zero-order chi connectivity index (χ0) is 15.0. The second kappa shape index (κ2) is 5.63. The molecule has 116 valence electrons. The fourth-order valence-corrected chi connectivity index (χ4v) is 5.07. The summed E-state index contributed by atoms with van der Waals surface area (Å²) in [5.74, 6) is -0.135. The lowest BCUT2D eigenvalue weighted by Crippen LogP contribution is -2.61. The summed E-state index contributed by atoms with van der Waals surface area (Å²) in [7, 11) is 0. The first-order valence-electron chi connectivity index (χ1n) is 7.80. The van der Waals surface area contributed by atoms with Gasteiger partial charge in [0.1, 0.15) is 5.92 Å². The van der Waals surface area contributed by atoms with Gasteiger partial charge in [-0.15, -0.1) is 0 Å². The van der Waals surface area contributed by atoms with Crippen molar-refractivity contribution >= 4 is 29.6 Å². The summed E-state index contributed by atoms with van der Waals surface area (Å²) in [4.78, 5) is 38.1. The normalized spacial score (nSPS) is 34.6. The molecule has 0 radical (unpaired) electrons. The number of hydrogen-bond acceptors (Lipinski definition) is 4. The molecular formula is C15H22N2O3S. The lowest BCUT2D eigenvalue weighted by Gasteiger charge is -2.36. The first kappa shape index (κ1) is 14.9. The van der Waals surface area contributed by atoms with Gasteiger partial charge < -0.3 is 0 Å². The lowest BCUT2D eigenvalue weighted by atomic mass is 9.87. The van der Waals surface area contributed by atoms with Gasteiger partial charge in [-0.25, -0.2) is 4.79 Å². The highest BCUT2D eigenvalue weighted by Gasteiger charge is 2.47. The van der Waals surface area contributed by atoms with E-state index in [-0.39, 0.29) is 16.6 Å². The number of carbonyl (C=O) groups excluding carboxylic acids is 3. The second-order valence-electron chi connectivity index (χ2n) is 6.64. The van der Waals surface area contributed by atoms with Crippen molar-refractivity contribution in [3.63, 3.8) is 0 Å². The van der Waals surface area contributed by atoms with Crippen molar-refractivity contribution in [1.29, 1.82) is 0 Å². The number of barbiturate groups is 1. The van der Waals surface area contributed by atoms with Crippen LogP contribution in [0.2, 0.25) is 0 Å². The summed E-state index contributed by atoms with van der Waals surface area (Å²) in [5, 5.41) is 2.40. The third-order valence-electron chi connectivity index (χ3n) is 4.95. The average Bonchev–Trinajstić information content (AvgIpc) is 3.07. The Hall–Kier alpha value is -1.04. The number of rotatable bonds is 3. The highest BCUT2D eigenvalue weighted by atomic mass is 32.2. The van der Waals surface area contributed by atoms with Crippen LogP contribution in [0.4, 0.5) is 4.79 Å². The molecule has 2 unspecified atom stereocenters. The summed E-state index contributed by atoms with van der Waals surface area (Å²) in [5.41, 5.74) is 0. The molecule has 21 heavy (non-hydrogen) atoms. The summed E-state index contributed by atoms with van der Waals surface area (Å²) in [6, 6.07) is -0.534. The van der Waals surface area contributed by atoms with Gasteiger partial charge in [0.05, 0.1) is 0 Å². The zero-order valence-electron chi connectivity index (χ0n) is 12.4. The van der Waals surface area contributed by atoms with E-state index >= 15 is 0 Å². The molecule has 1 N–H and O–H groups in total. The number of amides is 4. The molecule has 2 aliphatic heterocycles. The molecule has 1 saturated carbocycles. The molecular weight excluding hydrogens is 288 g/mol. The van der Waals surface area contributed by atoms with E-state index in [1.807, 2.05) is 11.8 Å². The minimum absolute atomic E-state index is 0.0619. The van der Waals surface area contributed by atoms with E-state index in [9.17, 15) is 14.4 Å². The summed E-state index contributed by atoms with van der Waals surface area (Å²) >= 11 is 1.82. The van der Waals surface area contributed by atoms with Gasteiger partial charge >= 0.3 is 6.03 Å². The van der Waals surface area contributed by atoms with Crippen LogP contribution in [0.15, 0.2) is 0 Å². The summed E-state index contributed by atoms with van der Waals surface area (Å²) in [6.07, 6.45) is 6.11. The highest BCUT2D eigenvalue weighted by molar-refractivity contribution is 8.00. The molecule has 1 aliphatic carbocycles. The first-order valence-corrected chi connectivity index (χ1v) is 8.79. The fraction of sp³-hybridized carbons (Fsp3) is 0.800. The molecule has 2 saturated heterocycles. The lowest BCUT2D eigenvalue weighted by molar-refractivity contribution is -0.145. The molecule has 2 atom stereocenters. The maximum atomic E-state index is 12.7. The molecule has 3 fully saturated rings. The van der Waals surface area contributed by atoms with Crippen LogP contribution in [0.25, 0.3) is 0 Å². The monoisotopic (exact) mass is 310 g/mol. The Morgan fingerprint density at radius 3 is 2.57 bits per heavy atom. The predicted molar refractivity (Wildman–Crippen MR) is 80.8 cm³/mol. The minimum atomic E-state index is -0.653. The van der Waals surface area contributed by atoms with E-state index in [4.69, 9.17) is 0 Å². The fourth-order valence-electron chi connectivity index (χ4n) is 3.78. The van der Waals surface area contributed by atoms with Crippen molar-refractivity contribution in [2.24, 2.45) is 11.8 Å². The Morgan fingerprint density at radius 2 is 1.95 bits per heavy atom. The third-order valence-corrected chi connectivity index (χ3v) is 6.48. The molecule has 0 spiro atoms. The standard InChI is InChI=1S/C15H22N2O3S/c1-15(7-4-8-21-15)9-17-13(19)11(10-5-2-3-6-10)12(18)16-14(17)20/h10-11H,2-9H2,1H3,(H,16,18,20). The van der Waals surface area contributed by atoms with E-state index < -0.39 is 17.9 Å². The highest BCUT2D eigenvalue weighted by Crippen LogP contribution is 2.40. The van der Waals surface area contributed by atoms with Gasteiger partial charge in [0.25, 0.3) is 0 Å². The van der Waals surface area contributed by atoms with Crippen molar-refractivity contribution in [2.75, 3.05) is 12.3 Å². The topological polar surface area (TPSA) is 66.5 Å². The number of imide groups is 2. The van der Waals surface area contributed by atoms with Gasteiger partial charge in [-0.05, 0) is 44.3 Å². The molecule has 0 aromatic heterocycles. The molecule has 6 heteroatoms. The van der Waals surface area contributed by atoms with Gasteiger partial charge in [-0.1, -0.05) is 12.8 Å². The van der Waals surface area contributed by atoms with Crippen molar-refractivity contribution in [2.45, 2.75) is 50.2 Å². The number of thioether (sulfide) groups is 1. The van der Waals surface area contributed by atoms with E-state index in [1.54, 1.807) is 0 Å². The van der Waals surface area contributed by atoms with Crippen LogP contribution in [0.5, 0.6) is 0 Å². The molecule has 4 amide bonds. The van der Waals surface area contributed by atoms with E-state index in [1.165, 1.54) is 4.90 Å². The quantitative estimate of drug-likeness (QED) is 0.811. The Morgan fingerprint density at radius 1 is 1.24 bits per heavy atom. The van der Waals surface area contributed by atoms with Gasteiger partial charge in [0.15, 0.2) is 0 Å². The number of nitrogens with one attached hydrogen (secondary N) is 1. The van der Waals surface area contributed by atoms with Crippen LogP contribution in [0.3, 0.4) is 0 Å². The van der Waals surface area contributed by atoms with Gasteiger partial charge in [0.2, 0.25) is 11.8 Å². The average molecular weight is 310 g/mol. The Labute approximate surface area is 129 Å². The Balaban J connectivity index is 1.77. The molecule has 0 aromatic rings. The Bertz CT molecular complexity index is 468. The van der Waals surface area contributed by atoms with Crippen molar-refractivity contribution < 1.29 is 14.4 Å². The zero-order valence-corrected chi connectivity index (χ0v) is 13.2.